The SMILES string of the molecule is O=c1[nH]c([C@H]2CC[C@@H](N3CCN(c4ccc(F)cc4)CC3)C2)nc2c1CC1(CC2)CC1. The summed E-state index contributed by atoms with van der Waals surface area (Å²) in [4.78, 5) is 25.9. The summed E-state index contributed by atoms with van der Waals surface area (Å²) in [7, 11) is 0. The molecule has 3 aliphatic carbocycles. The monoisotopic (exact) mass is 422 g/mol. The number of hydrogen-bond donors (Lipinski definition) is 1. The number of halogens is 1. The van der Waals surface area contributed by atoms with Gasteiger partial charge in [0.05, 0.1) is 5.69 Å². The molecule has 0 amide bonds. The number of nitrogens with one attached hydrogen (secondary N) is 1. The maximum Gasteiger partial charge on any atom is 0.254 e. The van der Waals surface area contributed by atoms with Gasteiger partial charge in [-0.05, 0) is 81.0 Å². The molecular formula is C25H31FN4O. The van der Waals surface area contributed by atoms with E-state index >= 15 is 0 Å². The predicted octanol–water partition coefficient (Wildman–Crippen LogP) is 3.64. The molecule has 2 aromatic rings. The summed E-state index contributed by atoms with van der Waals surface area (Å²) >= 11 is 0. The standard InChI is InChI=1S/C25H31FN4O/c26-18-2-5-19(6-3-18)29-11-13-30(14-12-29)20-4-1-17(15-20)23-27-22-7-8-25(9-10-25)16-21(22)24(31)28-23/h2-3,5-6,17,20H,1,4,7-16H2,(H,27,28,31)/t17-,20+/m0/s1. The quantitative estimate of drug-likeness (QED) is 0.821. The smallest absolute Gasteiger partial charge is 0.254 e. The zero-order chi connectivity index (χ0) is 21.0. The van der Waals surface area contributed by atoms with Crippen LogP contribution in [-0.4, -0.2) is 47.1 Å². The van der Waals surface area contributed by atoms with Gasteiger partial charge in [0.25, 0.3) is 5.56 Å². The normalized spacial score (nSPS) is 27.5. The number of aromatic amines is 1. The molecule has 4 aliphatic rings. The topological polar surface area (TPSA) is 52.2 Å². The van der Waals surface area contributed by atoms with Crippen molar-refractivity contribution in [2.45, 2.75) is 63.3 Å². The van der Waals surface area contributed by atoms with Crippen molar-refractivity contribution in [3.8, 4) is 0 Å². The molecule has 1 aromatic carbocycles. The Labute approximate surface area is 182 Å². The zero-order valence-electron chi connectivity index (χ0n) is 18.1. The Bertz CT molecular complexity index is 1020. The van der Waals surface area contributed by atoms with E-state index in [1.807, 2.05) is 12.1 Å². The molecule has 5 nitrogen and oxygen atoms in total. The third-order valence-corrected chi connectivity index (χ3v) is 8.33. The molecule has 1 aliphatic heterocycles. The van der Waals surface area contributed by atoms with Crippen LogP contribution in [-0.2, 0) is 12.8 Å². The van der Waals surface area contributed by atoms with Gasteiger partial charge >= 0.3 is 0 Å². The van der Waals surface area contributed by atoms with Crippen LogP contribution >= 0.6 is 0 Å². The van der Waals surface area contributed by atoms with E-state index in [4.69, 9.17) is 4.98 Å². The molecule has 6 rings (SSSR count). The fourth-order valence-electron chi connectivity index (χ4n) is 6.13. The van der Waals surface area contributed by atoms with E-state index in [2.05, 4.69) is 14.8 Å². The maximum atomic E-state index is 13.2. The van der Waals surface area contributed by atoms with Crippen LogP contribution in [0, 0.1) is 11.2 Å². The fraction of sp³-hybridized carbons (Fsp3) is 0.600. The van der Waals surface area contributed by atoms with Crippen LogP contribution in [0.15, 0.2) is 29.1 Å². The van der Waals surface area contributed by atoms with E-state index in [1.54, 1.807) is 12.1 Å². The van der Waals surface area contributed by atoms with E-state index in [-0.39, 0.29) is 11.4 Å². The van der Waals surface area contributed by atoms with E-state index in [0.29, 0.717) is 17.4 Å². The Morgan fingerprint density at radius 3 is 2.55 bits per heavy atom. The molecule has 2 saturated carbocycles. The Morgan fingerprint density at radius 1 is 1.03 bits per heavy atom. The second-order valence-electron chi connectivity index (χ2n) is 10.2. The fourth-order valence-corrected chi connectivity index (χ4v) is 6.13. The highest BCUT2D eigenvalue weighted by Gasteiger charge is 2.46. The van der Waals surface area contributed by atoms with Gasteiger partial charge in [-0.25, -0.2) is 9.37 Å². The number of fused-ring (bicyclic) bond motifs is 1. The maximum absolute atomic E-state index is 13.2. The van der Waals surface area contributed by atoms with E-state index < -0.39 is 0 Å². The van der Waals surface area contributed by atoms with Crippen molar-refractivity contribution >= 4 is 5.69 Å². The minimum Gasteiger partial charge on any atom is -0.369 e. The minimum absolute atomic E-state index is 0.127. The molecule has 3 fully saturated rings. The summed E-state index contributed by atoms with van der Waals surface area (Å²) in [5, 5.41) is 0. The molecule has 164 valence electrons. The highest BCUT2D eigenvalue weighted by atomic mass is 19.1. The third kappa shape index (κ3) is 3.69. The van der Waals surface area contributed by atoms with Gasteiger partial charge in [-0.3, -0.25) is 9.69 Å². The Morgan fingerprint density at radius 2 is 1.81 bits per heavy atom. The summed E-state index contributed by atoms with van der Waals surface area (Å²) in [5.74, 6) is 1.12. The molecule has 1 N–H and O–H groups in total. The van der Waals surface area contributed by atoms with Crippen molar-refractivity contribution in [1.82, 2.24) is 14.9 Å². The lowest BCUT2D eigenvalue weighted by Gasteiger charge is -2.39. The zero-order valence-corrected chi connectivity index (χ0v) is 18.1. The highest BCUT2D eigenvalue weighted by Crippen LogP contribution is 2.54. The van der Waals surface area contributed by atoms with Crippen LogP contribution < -0.4 is 10.5 Å². The summed E-state index contributed by atoms with van der Waals surface area (Å²) in [5.41, 5.74) is 3.72. The summed E-state index contributed by atoms with van der Waals surface area (Å²) in [6.07, 6.45) is 9.06. The summed E-state index contributed by atoms with van der Waals surface area (Å²) < 4.78 is 13.2. The van der Waals surface area contributed by atoms with Crippen molar-refractivity contribution in [3.63, 3.8) is 0 Å². The van der Waals surface area contributed by atoms with Gasteiger partial charge in [-0.1, -0.05) is 0 Å². The van der Waals surface area contributed by atoms with Crippen LogP contribution in [0.4, 0.5) is 10.1 Å². The number of benzene rings is 1. The molecule has 0 bridgehead atoms. The summed E-state index contributed by atoms with van der Waals surface area (Å²) in [6, 6.07) is 7.40. The molecule has 1 aromatic heterocycles. The van der Waals surface area contributed by atoms with Gasteiger partial charge in [-0.15, -0.1) is 0 Å². The molecule has 0 radical (unpaired) electrons. The van der Waals surface area contributed by atoms with E-state index in [0.717, 1.165) is 74.6 Å². The first-order valence-corrected chi connectivity index (χ1v) is 12.0. The largest absolute Gasteiger partial charge is 0.369 e. The second-order valence-corrected chi connectivity index (χ2v) is 10.2. The minimum atomic E-state index is -0.180. The van der Waals surface area contributed by atoms with Crippen molar-refractivity contribution in [1.29, 1.82) is 0 Å². The number of aryl methyl sites for hydroxylation is 1. The molecule has 0 unspecified atom stereocenters. The van der Waals surface area contributed by atoms with E-state index in [1.165, 1.54) is 25.7 Å². The average Bonchev–Trinajstić information content (AvgIpc) is 3.35. The van der Waals surface area contributed by atoms with Crippen LogP contribution in [0.2, 0.25) is 0 Å². The first kappa shape index (κ1) is 19.5. The van der Waals surface area contributed by atoms with Crippen LogP contribution in [0.3, 0.4) is 0 Å². The van der Waals surface area contributed by atoms with Crippen molar-refractivity contribution in [3.05, 3.63) is 57.5 Å². The number of hydrogen-bond acceptors (Lipinski definition) is 4. The number of piperazine rings is 1. The average molecular weight is 423 g/mol. The van der Waals surface area contributed by atoms with Crippen LogP contribution in [0.25, 0.3) is 0 Å². The molecular weight excluding hydrogens is 391 g/mol. The third-order valence-electron chi connectivity index (χ3n) is 8.33. The molecule has 6 heteroatoms. The van der Waals surface area contributed by atoms with Crippen molar-refractivity contribution in [2.24, 2.45) is 5.41 Å². The Balaban J connectivity index is 1.09. The molecule has 2 heterocycles. The Hall–Kier alpha value is -2.21. The number of rotatable bonds is 3. The molecule has 31 heavy (non-hydrogen) atoms. The number of aromatic nitrogens is 2. The van der Waals surface area contributed by atoms with Gasteiger partial charge in [-0.2, -0.15) is 0 Å². The number of H-pyrrole nitrogens is 1. The molecule has 2 atom stereocenters. The first-order chi connectivity index (χ1) is 15.1. The Kier molecular flexibility index (Phi) is 4.67. The van der Waals surface area contributed by atoms with Gasteiger partial charge < -0.3 is 9.88 Å². The predicted molar refractivity (Wildman–Crippen MR) is 119 cm³/mol. The molecule has 1 spiro atoms. The van der Waals surface area contributed by atoms with Crippen LogP contribution in [0.1, 0.15) is 61.5 Å². The highest BCUT2D eigenvalue weighted by molar-refractivity contribution is 5.46. The van der Waals surface area contributed by atoms with Gasteiger partial charge in [0, 0.05) is 49.4 Å². The number of nitrogens with zero attached hydrogens (tertiary/aromatic N) is 3. The lowest BCUT2D eigenvalue weighted by molar-refractivity contribution is 0.186. The first-order valence-electron chi connectivity index (χ1n) is 12.0. The molecule has 1 saturated heterocycles. The van der Waals surface area contributed by atoms with Crippen molar-refractivity contribution in [2.75, 3.05) is 31.1 Å². The van der Waals surface area contributed by atoms with Gasteiger partial charge in [0.1, 0.15) is 11.6 Å². The summed E-state index contributed by atoms with van der Waals surface area (Å²) in [6.45, 7) is 4.01. The lowest BCUT2D eigenvalue weighted by atomic mass is 9.84. The van der Waals surface area contributed by atoms with Crippen LogP contribution in [0.5, 0.6) is 0 Å². The van der Waals surface area contributed by atoms with Gasteiger partial charge in [0.15, 0.2) is 0 Å². The lowest BCUT2D eigenvalue weighted by Crippen LogP contribution is -2.49. The second kappa shape index (κ2) is 7.44. The number of anilines is 1. The van der Waals surface area contributed by atoms with Gasteiger partial charge in [0.2, 0.25) is 0 Å². The van der Waals surface area contributed by atoms with E-state index in [9.17, 15) is 9.18 Å². The van der Waals surface area contributed by atoms with Crippen molar-refractivity contribution < 1.29 is 4.39 Å².